The van der Waals surface area contributed by atoms with Crippen LogP contribution in [0, 0.1) is 5.92 Å². The molecule has 0 radical (unpaired) electrons. The zero-order chi connectivity index (χ0) is 12.2. The number of Topliss-reactive ketones (excluding diaryl/α,β-unsaturated/α-hetero) is 1. The summed E-state index contributed by atoms with van der Waals surface area (Å²) in [5.74, 6) is 0.00544. The van der Waals surface area contributed by atoms with Crippen molar-refractivity contribution in [3.05, 3.63) is 0 Å². The van der Waals surface area contributed by atoms with Crippen LogP contribution in [0.3, 0.4) is 0 Å². The Hall–Kier alpha value is -1.06. The van der Waals surface area contributed by atoms with Gasteiger partial charge in [-0.3, -0.25) is 4.79 Å². The van der Waals surface area contributed by atoms with Crippen LogP contribution in [0.15, 0.2) is 0 Å². The van der Waals surface area contributed by atoms with Crippen molar-refractivity contribution < 1.29 is 14.3 Å². The van der Waals surface area contributed by atoms with Gasteiger partial charge in [0.05, 0.1) is 6.04 Å². The Morgan fingerprint density at radius 1 is 1.20 bits per heavy atom. The number of alkyl carbamates (subject to hydrolysis) is 1. The zero-order valence-corrected chi connectivity index (χ0v) is 10.4. The van der Waals surface area contributed by atoms with Gasteiger partial charge in [-0.25, -0.2) is 4.79 Å². The van der Waals surface area contributed by atoms with Crippen molar-refractivity contribution in [3.63, 3.8) is 0 Å². The van der Waals surface area contributed by atoms with E-state index >= 15 is 0 Å². The maximum Gasteiger partial charge on any atom is 0.408 e. The molecular formula is C11H21NO3. The van der Waals surface area contributed by atoms with Gasteiger partial charge in [0.1, 0.15) is 5.60 Å². The average molecular weight is 215 g/mol. The van der Waals surface area contributed by atoms with E-state index in [0.29, 0.717) is 0 Å². The number of hydrogen-bond donors (Lipinski definition) is 1. The number of hydrogen-bond acceptors (Lipinski definition) is 3. The van der Waals surface area contributed by atoms with E-state index in [2.05, 4.69) is 5.32 Å². The van der Waals surface area contributed by atoms with E-state index in [4.69, 9.17) is 4.74 Å². The predicted octanol–water partition coefficient (Wildman–Crippen LogP) is 2.12. The molecule has 0 fully saturated rings. The monoisotopic (exact) mass is 215 g/mol. The molecular weight excluding hydrogens is 194 g/mol. The first-order valence-corrected chi connectivity index (χ1v) is 5.13. The summed E-state index contributed by atoms with van der Waals surface area (Å²) in [6, 6.07) is -0.472. The van der Waals surface area contributed by atoms with Crippen LogP contribution < -0.4 is 5.32 Å². The van der Waals surface area contributed by atoms with Crippen molar-refractivity contribution in [1.82, 2.24) is 5.32 Å². The van der Waals surface area contributed by atoms with Crippen LogP contribution in [0.2, 0.25) is 0 Å². The molecule has 1 amide bonds. The summed E-state index contributed by atoms with van der Waals surface area (Å²) in [7, 11) is 0. The second-order valence-electron chi connectivity index (χ2n) is 4.98. The molecule has 1 atom stereocenters. The van der Waals surface area contributed by atoms with Crippen molar-refractivity contribution in [2.75, 3.05) is 0 Å². The fourth-order valence-electron chi connectivity index (χ4n) is 1.17. The predicted molar refractivity (Wildman–Crippen MR) is 58.7 cm³/mol. The molecule has 0 aromatic carbocycles. The summed E-state index contributed by atoms with van der Waals surface area (Å²) >= 11 is 0. The molecule has 1 N–H and O–H groups in total. The molecule has 15 heavy (non-hydrogen) atoms. The molecule has 0 bridgehead atoms. The average Bonchev–Trinajstić information content (AvgIpc) is 1.95. The van der Waals surface area contributed by atoms with Crippen molar-refractivity contribution in [2.45, 2.75) is 53.2 Å². The molecule has 0 aromatic heterocycles. The van der Waals surface area contributed by atoms with Crippen LogP contribution in [-0.2, 0) is 9.53 Å². The third-order valence-corrected chi connectivity index (χ3v) is 1.78. The number of ether oxygens (including phenoxy) is 1. The first kappa shape index (κ1) is 13.9. The van der Waals surface area contributed by atoms with Crippen molar-refractivity contribution in [3.8, 4) is 0 Å². The van der Waals surface area contributed by atoms with Crippen LogP contribution >= 0.6 is 0 Å². The van der Waals surface area contributed by atoms with Gasteiger partial charge in [0.2, 0.25) is 0 Å². The van der Waals surface area contributed by atoms with E-state index in [0.717, 1.165) is 0 Å². The zero-order valence-electron chi connectivity index (χ0n) is 10.4. The maximum absolute atomic E-state index is 11.4. The van der Waals surface area contributed by atoms with E-state index in [1.165, 1.54) is 6.92 Å². The lowest BCUT2D eigenvalue weighted by molar-refractivity contribution is -0.120. The number of carbonyl (C=O) groups is 2. The first-order chi connectivity index (χ1) is 6.63. The molecule has 0 aliphatic heterocycles. The van der Waals surface area contributed by atoms with Crippen LogP contribution in [-0.4, -0.2) is 23.5 Å². The van der Waals surface area contributed by atoms with E-state index in [1.54, 1.807) is 20.8 Å². The highest BCUT2D eigenvalue weighted by molar-refractivity contribution is 5.85. The van der Waals surface area contributed by atoms with Crippen LogP contribution in [0.4, 0.5) is 4.79 Å². The van der Waals surface area contributed by atoms with Gasteiger partial charge >= 0.3 is 6.09 Å². The summed E-state index contributed by atoms with van der Waals surface area (Å²) in [4.78, 5) is 22.6. The molecule has 88 valence electrons. The van der Waals surface area contributed by atoms with Gasteiger partial charge < -0.3 is 10.1 Å². The summed E-state index contributed by atoms with van der Waals surface area (Å²) < 4.78 is 5.07. The van der Waals surface area contributed by atoms with Crippen LogP contribution in [0.1, 0.15) is 41.5 Å². The van der Waals surface area contributed by atoms with Gasteiger partial charge in [-0.15, -0.1) is 0 Å². The minimum atomic E-state index is -0.545. The van der Waals surface area contributed by atoms with E-state index < -0.39 is 17.7 Å². The van der Waals surface area contributed by atoms with Gasteiger partial charge in [-0.05, 0) is 33.6 Å². The molecule has 0 saturated carbocycles. The Morgan fingerprint density at radius 3 is 1.93 bits per heavy atom. The molecule has 0 unspecified atom stereocenters. The fourth-order valence-corrected chi connectivity index (χ4v) is 1.17. The van der Waals surface area contributed by atoms with E-state index in [1.807, 2.05) is 13.8 Å². The first-order valence-electron chi connectivity index (χ1n) is 5.13. The smallest absolute Gasteiger partial charge is 0.408 e. The molecule has 4 heteroatoms. The molecule has 0 saturated heterocycles. The molecule has 0 aromatic rings. The van der Waals surface area contributed by atoms with Gasteiger partial charge in [0.15, 0.2) is 5.78 Å². The third kappa shape index (κ3) is 6.10. The second kappa shape index (κ2) is 5.14. The van der Waals surface area contributed by atoms with Gasteiger partial charge in [0.25, 0.3) is 0 Å². The molecule has 0 aliphatic rings. The summed E-state index contributed by atoms with van der Waals surface area (Å²) in [5.41, 5.74) is -0.539. The summed E-state index contributed by atoms with van der Waals surface area (Å²) in [6.07, 6.45) is -0.545. The number of rotatable bonds is 3. The highest BCUT2D eigenvalue weighted by atomic mass is 16.6. The minimum absolute atomic E-state index is 0.0594. The van der Waals surface area contributed by atoms with E-state index in [9.17, 15) is 9.59 Å². The Kier molecular flexibility index (Phi) is 4.78. The molecule has 4 nitrogen and oxygen atoms in total. The van der Waals surface area contributed by atoms with Crippen molar-refractivity contribution in [2.24, 2.45) is 5.92 Å². The maximum atomic E-state index is 11.4. The van der Waals surface area contributed by atoms with Crippen LogP contribution in [0.25, 0.3) is 0 Å². The highest BCUT2D eigenvalue weighted by Crippen LogP contribution is 2.08. The highest BCUT2D eigenvalue weighted by Gasteiger charge is 2.23. The molecule has 0 rings (SSSR count). The largest absolute Gasteiger partial charge is 0.444 e. The standard InChI is InChI=1S/C11H21NO3/c1-7(2)9(8(3)13)12-10(14)15-11(4,5)6/h7,9H,1-6H3,(H,12,14)/t9-/m0/s1. The van der Waals surface area contributed by atoms with E-state index in [-0.39, 0.29) is 11.7 Å². The second-order valence-corrected chi connectivity index (χ2v) is 4.98. The number of nitrogens with one attached hydrogen (secondary N) is 1. The summed E-state index contributed by atoms with van der Waals surface area (Å²) in [6.45, 7) is 10.6. The Morgan fingerprint density at radius 2 is 1.67 bits per heavy atom. The fraction of sp³-hybridized carbons (Fsp3) is 0.818. The molecule has 0 spiro atoms. The lowest BCUT2D eigenvalue weighted by Gasteiger charge is -2.24. The van der Waals surface area contributed by atoms with Crippen molar-refractivity contribution >= 4 is 11.9 Å². The third-order valence-electron chi connectivity index (χ3n) is 1.78. The van der Waals surface area contributed by atoms with Gasteiger partial charge in [-0.2, -0.15) is 0 Å². The van der Waals surface area contributed by atoms with Gasteiger partial charge in [0, 0.05) is 0 Å². The Labute approximate surface area is 91.4 Å². The number of carbonyl (C=O) groups excluding carboxylic acids is 2. The Bertz CT molecular complexity index is 241. The lowest BCUT2D eigenvalue weighted by Crippen LogP contribution is -2.45. The minimum Gasteiger partial charge on any atom is -0.444 e. The van der Waals surface area contributed by atoms with Gasteiger partial charge in [-0.1, -0.05) is 13.8 Å². The Balaban J connectivity index is 4.31. The normalized spacial score (nSPS) is 13.5. The lowest BCUT2D eigenvalue weighted by atomic mass is 10.0. The number of ketones is 1. The molecule has 0 heterocycles. The van der Waals surface area contributed by atoms with Crippen molar-refractivity contribution in [1.29, 1.82) is 0 Å². The quantitative estimate of drug-likeness (QED) is 0.784. The topological polar surface area (TPSA) is 55.4 Å². The number of amides is 1. The molecule has 0 aliphatic carbocycles. The SMILES string of the molecule is CC(=O)[C@@H](NC(=O)OC(C)(C)C)C(C)C. The van der Waals surface area contributed by atoms with Crippen LogP contribution in [0.5, 0.6) is 0 Å². The summed E-state index contributed by atoms with van der Waals surface area (Å²) in [5, 5.41) is 2.56.